The van der Waals surface area contributed by atoms with Crippen LogP contribution in [0, 0.1) is 0 Å². The summed E-state index contributed by atoms with van der Waals surface area (Å²) < 4.78 is 5.18. The van der Waals surface area contributed by atoms with Crippen LogP contribution in [-0.4, -0.2) is 0 Å². The minimum Gasteiger partial charge on any atom is -0.423 e. The van der Waals surface area contributed by atoms with Crippen LogP contribution in [0.4, 0.5) is 5.69 Å². The molecule has 3 nitrogen and oxygen atoms in total. The number of hydrogen-bond acceptors (Lipinski definition) is 3. The van der Waals surface area contributed by atoms with Crippen molar-refractivity contribution in [1.82, 2.24) is 0 Å². The first kappa shape index (κ1) is 12.7. The molecule has 0 unspecified atom stereocenters. The molecular weight excluding hydrogens is 226 g/mol. The van der Waals surface area contributed by atoms with Gasteiger partial charge in [0.1, 0.15) is 5.58 Å². The van der Waals surface area contributed by atoms with Crippen molar-refractivity contribution in [3.63, 3.8) is 0 Å². The molecule has 0 fully saturated rings. The highest BCUT2D eigenvalue weighted by Crippen LogP contribution is 2.24. The molecule has 0 aliphatic heterocycles. The van der Waals surface area contributed by atoms with E-state index in [1.165, 1.54) is 30.9 Å². The average molecular weight is 245 g/mol. The van der Waals surface area contributed by atoms with E-state index in [1.54, 1.807) is 6.07 Å². The zero-order valence-corrected chi connectivity index (χ0v) is 10.7. The summed E-state index contributed by atoms with van der Waals surface area (Å²) in [6.45, 7) is 2.20. The number of nitrogens with two attached hydrogens (primary N) is 1. The predicted molar refractivity (Wildman–Crippen MR) is 74.7 cm³/mol. The zero-order chi connectivity index (χ0) is 13.0. The summed E-state index contributed by atoms with van der Waals surface area (Å²) in [6, 6.07) is 7.13. The summed E-state index contributed by atoms with van der Waals surface area (Å²) in [7, 11) is 0. The van der Waals surface area contributed by atoms with Crippen LogP contribution in [0.1, 0.15) is 38.2 Å². The molecule has 1 aromatic carbocycles. The standard InChI is InChI=1S/C15H19NO2/c1-2-3-4-5-7-11-8-6-9-13-15(11)12(16)10-14(17)18-13/h6,8-10H,2-5,7,16H2,1H3. The number of aryl methyl sites for hydroxylation is 1. The van der Waals surface area contributed by atoms with Crippen LogP contribution in [0.3, 0.4) is 0 Å². The fraction of sp³-hybridized carbons (Fsp3) is 0.400. The van der Waals surface area contributed by atoms with Crippen LogP contribution < -0.4 is 11.4 Å². The number of anilines is 1. The van der Waals surface area contributed by atoms with Gasteiger partial charge in [-0.05, 0) is 24.5 Å². The Balaban J connectivity index is 2.30. The SMILES string of the molecule is CCCCCCc1cccc2oc(=O)cc(N)c12. The molecule has 0 bridgehead atoms. The van der Waals surface area contributed by atoms with E-state index in [9.17, 15) is 4.79 Å². The molecule has 0 radical (unpaired) electrons. The molecule has 0 atom stereocenters. The maximum absolute atomic E-state index is 11.3. The van der Waals surface area contributed by atoms with Gasteiger partial charge in [0.2, 0.25) is 0 Å². The van der Waals surface area contributed by atoms with Crippen LogP contribution in [-0.2, 0) is 6.42 Å². The van der Waals surface area contributed by atoms with E-state index in [1.807, 2.05) is 6.07 Å². The van der Waals surface area contributed by atoms with Crippen LogP contribution >= 0.6 is 0 Å². The van der Waals surface area contributed by atoms with Gasteiger partial charge in [0, 0.05) is 11.5 Å². The third-order valence-electron chi connectivity index (χ3n) is 3.18. The molecule has 0 amide bonds. The maximum atomic E-state index is 11.3. The molecule has 0 spiro atoms. The fourth-order valence-electron chi connectivity index (χ4n) is 2.28. The lowest BCUT2D eigenvalue weighted by molar-refractivity contribution is 0.561. The van der Waals surface area contributed by atoms with E-state index >= 15 is 0 Å². The number of hydrogen-bond donors (Lipinski definition) is 1. The molecule has 2 aromatic rings. The van der Waals surface area contributed by atoms with E-state index in [2.05, 4.69) is 13.0 Å². The third-order valence-corrected chi connectivity index (χ3v) is 3.18. The first-order valence-electron chi connectivity index (χ1n) is 6.53. The van der Waals surface area contributed by atoms with Crippen molar-refractivity contribution >= 4 is 16.7 Å². The lowest BCUT2D eigenvalue weighted by atomic mass is 10.0. The van der Waals surface area contributed by atoms with E-state index in [-0.39, 0.29) is 5.63 Å². The predicted octanol–water partition coefficient (Wildman–Crippen LogP) is 3.50. The topological polar surface area (TPSA) is 56.2 Å². The average Bonchev–Trinajstić information content (AvgIpc) is 2.34. The number of benzene rings is 1. The van der Waals surface area contributed by atoms with Crippen LogP contribution in [0.5, 0.6) is 0 Å². The number of rotatable bonds is 5. The van der Waals surface area contributed by atoms with E-state index in [4.69, 9.17) is 10.2 Å². The lowest BCUT2D eigenvalue weighted by Gasteiger charge is -2.07. The highest BCUT2D eigenvalue weighted by molar-refractivity contribution is 5.91. The van der Waals surface area contributed by atoms with Crippen molar-refractivity contribution in [3.05, 3.63) is 40.2 Å². The van der Waals surface area contributed by atoms with E-state index < -0.39 is 0 Å². The van der Waals surface area contributed by atoms with Gasteiger partial charge in [-0.2, -0.15) is 0 Å². The molecular formula is C15H19NO2. The monoisotopic (exact) mass is 245 g/mol. The van der Waals surface area contributed by atoms with Gasteiger partial charge in [-0.1, -0.05) is 38.3 Å². The first-order chi connectivity index (χ1) is 8.72. The Morgan fingerprint density at radius 2 is 2.06 bits per heavy atom. The first-order valence-corrected chi connectivity index (χ1v) is 6.53. The molecule has 0 saturated heterocycles. The smallest absolute Gasteiger partial charge is 0.338 e. The summed E-state index contributed by atoms with van der Waals surface area (Å²) in [6.07, 6.45) is 5.84. The summed E-state index contributed by atoms with van der Waals surface area (Å²) in [5.74, 6) is 0. The highest BCUT2D eigenvalue weighted by Gasteiger charge is 2.07. The van der Waals surface area contributed by atoms with Gasteiger partial charge in [-0.25, -0.2) is 4.79 Å². The van der Waals surface area contributed by atoms with Crippen molar-refractivity contribution in [2.24, 2.45) is 0 Å². The number of unbranched alkanes of at least 4 members (excludes halogenated alkanes) is 3. The lowest BCUT2D eigenvalue weighted by Crippen LogP contribution is -2.02. The van der Waals surface area contributed by atoms with Gasteiger partial charge < -0.3 is 10.2 Å². The molecule has 1 aromatic heterocycles. The Morgan fingerprint density at radius 1 is 1.22 bits per heavy atom. The van der Waals surface area contributed by atoms with Gasteiger partial charge >= 0.3 is 5.63 Å². The summed E-state index contributed by atoms with van der Waals surface area (Å²) in [4.78, 5) is 11.3. The molecule has 18 heavy (non-hydrogen) atoms. The molecule has 2 N–H and O–H groups in total. The molecule has 0 aliphatic carbocycles. The Bertz CT molecular complexity index is 587. The van der Waals surface area contributed by atoms with Gasteiger partial charge in [0.05, 0.1) is 5.69 Å². The minimum atomic E-state index is -0.386. The zero-order valence-electron chi connectivity index (χ0n) is 10.7. The van der Waals surface area contributed by atoms with Gasteiger partial charge in [0.25, 0.3) is 0 Å². The quantitative estimate of drug-likeness (QED) is 0.648. The Kier molecular flexibility index (Phi) is 4.03. The maximum Gasteiger partial charge on any atom is 0.338 e. The fourth-order valence-corrected chi connectivity index (χ4v) is 2.28. The largest absolute Gasteiger partial charge is 0.423 e. The number of nitrogen functional groups attached to an aromatic ring is 1. The van der Waals surface area contributed by atoms with Crippen molar-refractivity contribution in [1.29, 1.82) is 0 Å². The second kappa shape index (κ2) is 5.71. The van der Waals surface area contributed by atoms with E-state index in [0.29, 0.717) is 11.3 Å². The second-order valence-corrected chi connectivity index (χ2v) is 4.62. The second-order valence-electron chi connectivity index (χ2n) is 4.62. The van der Waals surface area contributed by atoms with Crippen LogP contribution in [0.25, 0.3) is 11.0 Å². The van der Waals surface area contributed by atoms with Gasteiger partial charge in [0.15, 0.2) is 0 Å². The molecule has 2 rings (SSSR count). The molecule has 0 saturated carbocycles. The number of fused-ring (bicyclic) bond motifs is 1. The van der Waals surface area contributed by atoms with Crippen molar-refractivity contribution < 1.29 is 4.42 Å². The summed E-state index contributed by atoms with van der Waals surface area (Å²) >= 11 is 0. The Labute approximate surface area is 107 Å². The van der Waals surface area contributed by atoms with E-state index in [0.717, 1.165) is 18.2 Å². The molecule has 3 heteroatoms. The Hall–Kier alpha value is -1.77. The molecule has 96 valence electrons. The molecule has 1 heterocycles. The normalized spacial score (nSPS) is 10.9. The molecule has 0 aliphatic rings. The Morgan fingerprint density at radius 3 is 2.83 bits per heavy atom. The highest BCUT2D eigenvalue weighted by atomic mass is 16.4. The van der Waals surface area contributed by atoms with Gasteiger partial charge in [-0.15, -0.1) is 0 Å². The third kappa shape index (κ3) is 2.73. The van der Waals surface area contributed by atoms with Crippen LogP contribution in [0.2, 0.25) is 0 Å². The van der Waals surface area contributed by atoms with Crippen molar-refractivity contribution in [2.75, 3.05) is 5.73 Å². The van der Waals surface area contributed by atoms with Crippen molar-refractivity contribution in [3.8, 4) is 0 Å². The summed E-state index contributed by atoms with van der Waals surface area (Å²) in [5, 5.41) is 0.897. The minimum absolute atomic E-state index is 0.386. The van der Waals surface area contributed by atoms with Crippen LogP contribution in [0.15, 0.2) is 33.5 Å². The van der Waals surface area contributed by atoms with Gasteiger partial charge in [-0.3, -0.25) is 0 Å². The van der Waals surface area contributed by atoms with Crippen molar-refractivity contribution in [2.45, 2.75) is 39.0 Å². The summed E-state index contributed by atoms with van der Waals surface area (Å²) in [5.41, 5.74) is 7.82.